The van der Waals surface area contributed by atoms with Gasteiger partial charge in [-0.3, -0.25) is 4.79 Å². The van der Waals surface area contributed by atoms with E-state index in [1.165, 1.54) is 12.1 Å². The molecule has 3 aromatic carbocycles. The van der Waals surface area contributed by atoms with Crippen molar-refractivity contribution < 1.29 is 13.6 Å². The van der Waals surface area contributed by atoms with Crippen LogP contribution in [0.3, 0.4) is 0 Å². The fraction of sp³-hybridized carbons (Fsp3) is 0.160. The van der Waals surface area contributed by atoms with Crippen molar-refractivity contribution in [2.24, 2.45) is 0 Å². The smallest absolute Gasteiger partial charge is 0.251 e. The van der Waals surface area contributed by atoms with E-state index in [0.717, 1.165) is 22.4 Å². The highest BCUT2D eigenvalue weighted by atomic mass is 19.1. The van der Waals surface area contributed by atoms with Gasteiger partial charge in [-0.1, -0.05) is 48.5 Å². The Morgan fingerprint density at radius 2 is 1.67 bits per heavy atom. The van der Waals surface area contributed by atoms with Crippen LogP contribution >= 0.6 is 0 Å². The molecule has 0 saturated carbocycles. The van der Waals surface area contributed by atoms with Crippen molar-refractivity contribution in [3.05, 3.63) is 94.9 Å². The van der Waals surface area contributed by atoms with Crippen molar-refractivity contribution >= 4 is 16.8 Å². The highest BCUT2D eigenvalue weighted by Gasteiger charge is 2.16. The fourth-order valence-corrected chi connectivity index (χ4v) is 3.81. The van der Waals surface area contributed by atoms with Crippen LogP contribution in [0.1, 0.15) is 27.2 Å². The first-order valence-electron chi connectivity index (χ1n) is 9.86. The Bertz CT molecular complexity index is 1180. The molecule has 0 fully saturated rings. The van der Waals surface area contributed by atoms with Crippen molar-refractivity contribution in [3.8, 4) is 11.1 Å². The van der Waals surface area contributed by atoms with E-state index < -0.39 is 12.5 Å². The van der Waals surface area contributed by atoms with Crippen LogP contribution in [0.4, 0.5) is 8.78 Å². The average molecular weight is 404 g/mol. The molecule has 0 radical (unpaired) electrons. The summed E-state index contributed by atoms with van der Waals surface area (Å²) in [5.41, 5.74) is 5.09. The number of nitrogens with one attached hydrogen (secondary N) is 2. The van der Waals surface area contributed by atoms with E-state index in [1.807, 2.05) is 49.4 Å². The van der Waals surface area contributed by atoms with Gasteiger partial charge >= 0.3 is 0 Å². The number of hydrogen-bond acceptors (Lipinski definition) is 1. The lowest BCUT2D eigenvalue weighted by Gasteiger charge is -2.08. The monoisotopic (exact) mass is 404 g/mol. The molecule has 1 heterocycles. The third-order valence-corrected chi connectivity index (χ3v) is 5.37. The van der Waals surface area contributed by atoms with Gasteiger partial charge in [-0.2, -0.15) is 0 Å². The standard InChI is InChI=1S/C25H22F2N2O/c1-16-21(23-20(15-26)11-12-22(27)24(23)29-16)13-14-28-25(30)19-9-7-18(8-10-19)17-5-3-2-4-6-17/h2-12,29H,13-15H2,1H3,(H,28,30). The van der Waals surface area contributed by atoms with E-state index in [-0.39, 0.29) is 5.91 Å². The lowest BCUT2D eigenvalue weighted by Crippen LogP contribution is -2.25. The maximum atomic E-state index is 14.1. The molecule has 0 saturated heterocycles. The first kappa shape index (κ1) is 19.8. The second-order valence-corrected chi connectivity index (χ2v) is 7.27. The molecule has 1 aromatic heterocycles. The van der Waals surface area contributed by atoms with Gasteiger partial charge in [0.25, 0.3) is 5.91 Å². The van der Waals surface area contributed by atoms with E-state index in [9.17, 15) is 13.6 Å². The quantitative estimate of drug-likeness (QED) is 0.424. The lowest BCUT2D eigenvalue weighted by molar-refractivity contribution is 0.0954. The number of hydrogen-bond donors (Lipinski definition) is 2. The number of rotatable bonds is 6. The molecule has 5 heteroatoms. The maximum absolute atomic E-state index is 14.1. The second kappa shape index (κ2) is 8.49. The number of benzene rings is 3. The van der Waals surface area contributed by atoms with Crippen LogP contribution in [-0.2, 0) is 13.1 Å². The Kier molecular flexibility index (Phi) is 5.61. The Hall–Kier alpha value is -3.47. The van der Waals surface area contributed by atoms with Gasteiger partial charge in [-0.15, -0.1) is 0 Å². The summed E-state index contributed by atoms with van der Waals surface area (Å²) in [6, 6.07) is 20.1. The molecule has 0 aliphatic heterocycles. The topological polar surface area (TPSA) is 44.9 Å². The van der Waals surface area contributed by atoms with Crippen molar-refractivity contribution in [2.75, 3.05) is 6.54 Å². The van der Waals surface area contributed by atoms with Gasteiger partial charge in [0, 0.05) is 23.2 Å². The summed E-state index contributed by atoms with van der Waals surface area (Å²) in [7, 11) is 0. The minimum absolute atomic E-state index is 0.177. The molecule has 0 aliphatic rings. The van der Waals surface area contributed by atoms with Crippen LogP contribution < -0.4 is 5.32 Å². The maximum Gasteiger partial charge on any atom is 0.251 e. The zero-order valence-corrected chi connectivity index (χ0v) is 16.6. The summed E-state index contributed by atoms with van der Waals surface area (Å²) in [5.74, 6) is -0.580. The molecular weight excluding hydrogens is 382 g/mol. The minimum atomic E-state index is -0.665. The zero-order chi connectivity index (χ0) is 21.1. The van der Waals surface area contributed by atoms with Crippen molar-refractivity contribution in [2.45, 2.75) is 20.0 Å². The Morgan fingerprint density at radius 3 is 2.37 bits per heavy atom. The number of H-pyrrole nitrogens is 1. The zero-order valence-electron chi connectivity index (χ0n) is 16.6. The number of alkyl halides is 1. The summed E-state index contributed by atoms with van der Waals surface area (Å²) in [6.07, 6.45) is 0.482. The largest absolute Gasteiger partial charge is 0.356 e. The van der Waals surface area contributed by atoms with E-state index in [4.69, 9.17) is 0 Å². The first-order valence-corrected chi connectivity index (χ1v) is 9.86. The van der Waals surface area contributed by atoms with Crippen LogP contribution in [0.25, 0.3) is 22.0 Å². The third-order valence-electron chi connectivity index (χ3n) is 5.37. The SMILES string of the molecule is Cc1[nH]c2c(F)ccc(CF)c2c1CCNC(=O)c1ccc(-c2ccccc2)cc1. The van der Waals surface area contributed by atoms with E-state index in [1.54, 1.807) is 12.1 Å². The summed E-state index contributed by atoms with van der Waals surface area (Å²) in [5, 5.41) is 3.48. The number of carbonyl (C=O) groups is 1. The highest BCUT2D eigenvalue weighted by Crippen LogP contribution is 2.29. The van der Waals surface area contributed by atoms with Crippen molar-refractivity contribution in [3.63, 3.8) is 0 Å². The first-order chi connectivity index (χ1) is 14.6. The molecular formula is C25H22F2N2O. The summed E-state index contributed by atoms with van der Waals surface area (Å²) >= 11 is 0. The molecule has 152 valence electrons. The number of aromatic amines is 1. The minimum Gasteiger partial charge on any atom is -0.356 e. The van der Waals surface area contributed by atoms with Gasteiger partial charge in [0.2, 0.25) is 0 Å². The highest BCUT2D eigenvalue weighted by molar-refractivity contribution is 5.94. The van der Waals surface area contributed by atoms with Crippen LogP contribution in [0, 0.1) is 12.7 Å². The molecule has 1 amide bonds. The number of aryl methyl sites for hydroxylation is 1. The Labute approximate surface area is 173 Å². The van der Waals surface area contributed by atoms with Gasteiger partial charge < -0.3 is 10.3 Å². The second-order valence-electron chi connectivity index (χ2n) is 7.27. The molecule has 4 rings (SSSR count). The molecule has 0 unspecified atom stereocenters. The van der Waals surface area contributed by atoms with Crippen molar-refractivity contribution in [1.82, 2.24) is 10.3 Å². The summed E-state index contributed by atoms with van der Waals surface area (Å²) in [6.45, 7) is 1.54. The number of fused-ring (bicyclic) bond motifs is 1. The number of carbonyl (C=O) groups excluding carboxylic acids is 1. The summed E-state index contributed by atoms with van der Waals surface area (Å²) < 4.78 is 27.5. The third kappa shape index (κ3) is 3.83. The van der Waals surface area contributed by atoms with Crippen LogP contribution in [-0.4, -0.2) is 17.4 Å². The van der Waals surface area contributed by atoms with E-state index in [0.29, 0.717) is 35.0 Å². The number of amides is 1. The van der Waals surface area contributed by atoms with Crippen molar-refractivity contribution in [1.29, 1.82) is 0 Å². The van der Waals surface area contributed by atoms with Crippen LogP contribution in [0.2, 0.25) is 0 Å². The normalized spacial score (nSPS) is 11.0. The predicted octanol–water partition coefficient (Wildman–Crippen LogP) is 5.72. The predicted molar refractivity (Wildman–Crippen MR) is 116 cm³/mol. The van der Waals surface area contributed by atoms with Crippen LogP contribution in [0.15, 0.2) is 66.7 Å². The van der Waals surface area contributed by atoms with Gasteiger partial charge in [-0.05, 0) is 53.8 Å². The molecule has 0 atom stereocenters. The Balaban J connectivity index is 1.45. The van der Waals surface area contributed by atoms with Gasteiger partial charge in [-0.25, -0.2) is 8.78 Å². The molecule has 0 bridgehead atoms. The van der Waals surface area contributed by atoms with Crippen LogP contribution in [0.5, 0.6) is 0 Å². The molecule has 2 N–H and O–H groups in total. The molecule has 30 heavy (non-hydrogen) atoms. The molecule has 0 spiro atoms. The number of aromatic nitrogens is 1. The van der Waals surface area contributed by atoms with Gasteiger partial charge in [0.05, 0.1) is 5.52 Å². The number of halogens is 2. The van der Waals surface area contributed by atoms with Gasteiger partial charge in [0.1, 0.15) is 12.5 Å². The lowest BCUT2D eigenvalue weighted by atomic mass is 10.0. The molecule has 0 aliphatic carbocycles. The molecule has 4 aromatic rings. The van der Waals surface area contributed by atoms with E-state index >= 15 is 0 Å². The fourth-order valence-electron chi connectivity index (χ4n) is 3.81. The summed E-state index contributed by atoms with van der Waals surface area (Å²) in [4.78, 5) is 15.5. The van der Waals surface area contributed by atoms with E-state index in [2.05, 4.69) is 10.3 Å². The molecule has 3 nitrogen and oxygen atoms in total. The van der Waals surface area contributed by atoms with Gasteiger partial charge in [0.15, 0.2) is 0 Å². The Morgan fingerprint density at radius 1 is 0.967 bits per heavy atom. The average Bonchev–Trinajstić information content (AvgIpc) is 3.12.